The average Bonchev–Trinajstić information content (AvgIpc) is 3.20. The molecule has 1 unspecified atom stereocenters. The Morgan fingerprint density at radius 2 is 1.89 bits per heavy atom. The van der Waals surface area contributed by atoms with Gasteiger partial charge in [-0.3, -0.25) is 4.79 Å². The number of rotatable bonds is 4. The molecule has 3 heterocycles. The number of anilines is 1. The molecule has 2 aromatic carbocycles. The van der Waals surface area contributed by atoms with Crippen molar-refractivity contribution in [2.75, 3.05) is 18.5 Å². The van der Waals surface area contributed by atoms with E-state index in [9.17, 15) is 4.79 Å². The normalized spacial score (nSPS) is 18.1. The van der Waals surface area contributed by atoms with Crippen LogP contribution < -0.4 is 20.5 Å². The van der Waals surface area contributed by atoms with Gasteiger partial charge in [-0.15, -0.1) is 0 Å². The minimum Gasteiger partial charge on any atom is -0.493 e. The Morgan fingerprint density at radius 1 is 1.14 bits per heavy atom. The molecule has 1 aromatic heterocycles. The molecule has 180 valence electrons. The molecule has 1 amide bonds. The minimum absolute atomic E-state index is 0.0174. The van der Waals surface area contributed by atoms with Gasteiger partial charge in [0.1, 0.15) is 29.5 Å². The van der Waals surface area contributed by atoms with Gasteiger partial charge in [-0.25, -0.2) is 4.98 Å². The second-order valence-corrected chi connectivity index (χ2v) is 10.4. The van der Waals surface area contributed by atoms with Gasteiger partial charge in [0.25, 0.3) is 5.91 Å². The van der Waals surface area contributed by atoms with Gasteiger partial charge >= 0.3 is 0 Å². The standard InChI is InChI=1S/C27H26ClN3O4/c1-26(2,3)14-33-18-6-9-23-20(11-18)27(12-24(29)34-15-27)19-10-17(5-8-22(19)35-23)31-25(32)21-7-4-16(28)13-30-21/h4-13H,14-15,29H2,1-3H3,(H,31,32). The predicted molar refractivity (Wildman–Crippen MR) is 134 cm³/mol. The first-order valence-corrected chi connectivity index (χ1v) is 11.6. The summed E-state index contributed by atoms with van der Waals surface area (Å²) in [6.07, 6.45) is 3.33. The Hall–Kier alpha value is -3.71. The van der Waals surface area contributed by atoms with E-state index >= 15 is 0 Å². The molecule has 1 spiro atoms. The molecule has 0 bridgehead atoms. The van der Waals surface area contributed by atoms with E-state index in [4.69, 9.17) is 31.5 Å². The minimum atomic E-state index is -0.687. The lowest BCUT2D eigenvalue weighted by Gasteiger charge is -2.35. The number of fused-ring (bicyclic) bond motifs is 4. The SMILES string of the molecule is CC(C)(C)COc1ccc2c(c1)C1(C=C(N)OC1)c1cc(NC(=O)c3ccc(Cl)cn3)ccc1O2. The molecular weight excluding hydrogens is 466 g/mol. The number of pyridine rings is 1. The fraction of sp³-hybridized carbons (Fsp3) is 0.259. The number of nitrogens with two attached hydrogens (primary N) is 1. The lowest BCUT2D eigenvalue weighted by Crippen LogP contribution is -2.31. The summed E-state index contributed by atoms with van der Waals surface area (Å²) in [6.45, 7) is 7.24. The van der Waals surface area contributed by atoms with Gasteiger partial charge in [-0.1, -0.05) is 32.4 Å². The Labute approximate surface area is 208 Å². The molecule has 3 aromatic rings. The number of nitrogens with zero attached hydrogens (tertiary/aromatic N) is 1. The van der Waals surface area contributed by atoms with Crippen LogP contribution in [0.3, 0.4) is 0 Å². The quantitative estimate of drug-likeness (QED) is 0.490. The Kier molecular flexibility index (Phi) is 5.60. The van der Waals surface area contributed by atoms with E-state index in [1.165, 1.54) is 6.20 Å². The lowest BCUT2D eigenvalue weighted by molar-refractivity contribution is 0.102. The van der Waals surface area contributed by atoms with E-state index in [1.807, 2.05) is 36.4 Å². The molecule has 2 aliphatic heterocycles. The molecule has 0 saturated heterocycles. The van der Waals surface area contributed by atoms with Gasteiger partial charge in [0.2, 0.25) is 0 Å². The molecule has 0 aliphatic carbocycles. The first-order valence-electron chi connectivity index (χ1n) is 11.3. The number of ether oxygens (including phenoxy) is 3. The summed E-state index contributed by atoms with van der Waals surface area (Å²) in [5.41, 5.74) is 8.00. The Morgan fingerprint density at radius 3 is 2.54 bits per heavy atom. The predicted octanol–water partition coefficient (Wildman–Crippen LogP) is 5.63. The van der Waals surface area contributed by atoms with E-state index < -0.39 is 5.41 Å². The molecule has 7 nitrogen and oxygen atoms in total. The lowest BCUT2D eigenvalue weighted by atomic mass is 9.73. The molecule has 5 rings (SSSR count). The van der Waals surface area contributed by atoms with Crippen molar-refractivity contribution in [1.82, 2.24) is 4.98 Å². The van der Waals surface area contributed by atoms with Crippen molar-refractivity contribution in [3.8, 4) is 17.2 Å². The third-order valence-corrected chi connectivity index (χ3v) is 6.08. The maximum Gasteiger partial charge on any atom is 0.274 e. The highest BCUT2D eigenvalue weighted by Gasteiger charge is 2.45. The van der Waals surface area contributed by atoms with E-state index in [0.717, 1.165) is 16.9 Å². The van der Waals surface area contributed by atoms with Crippen LogP contribution in [0.2, 0.25) is 5.02 Å². The van der Waals surface area contributed by atoms with Gasteiger partial charge in [-0.05, 0) is 60.0 Å². The van der Waals surface area contributed by atoms with Gasteiger partial charge < -0.3 is 25.3 Å². The number of hydrogen-bond acceptors (Lipinski definition) is 6. The number of halogens is 1. The van der Waals surface area contributed by atoms with E-state index in [2.05, 4.69) is 31.1 Å². The second-order valence-electron chi connectivity index (χ2n) is 9.94. The summed E-state index contributed by atoms with van der Waals surface area (Å²) in [4.78, 5) is 16.8. The second kappa shape index (κ2) is 8.50. The van der Waals surface area contributed by atoms with Crippen LogP contribution in [0.25, 0.3) is 0 Å². The van der Waals surface area contributed by atoms with Crippen molar-refractivity contribution in [2.24, 2.45) is 11.1 Å². The Bertz CT molecular complexity index is 1330. The summed E-state index contributed by atoms with van der Waals surface area (Å²) in [6, 6.07) is 14.5. The van der Waals surface area contributed by atoms with Crippen LogP contribution in [0.5, 0.6) is 17.2 Å². The van der Waals surface area contributed by atoms with Crippen LogP contribution in [-0.4, -0.2) is 24.1 Å². The van der Waals surface area contributed by atoms with Crippen molar-refractivity contribution in [2.45, 2.75) is 26.2 Å². The van der Waals surface area contributed by atoms with Crippen LogP contribution in [0.1, 0.15) is 42.4 Å². The van der Waals surface area contributed by atoms with Crippen LogP contribution in [0, 0.1) is 5.41 Å². The first kappa shape index (κ1) is 23.1. The summed E-state index contributed by atoms with van der Waals surface area (Å²) in [5, 5.41) is 3.36. The smallest absolute Gasteiger partial charge is 0.274 e. The molecule has 0 radical (unpaired) electrons. The third kappa shape index (κ3) is 4.51. The van der Waals surface area contributed by atoms with Gasteiger partial charge in [0.15, 0.2) is 5.88 Å². The molecule has 0 saturated carbocycles. The highest BCUT2D eigenvalue weighted by molar-refractivity contribution is 6.30. The topological polar surface area (TPSA) is 95.7 Å². The first-order chi connectivity index (χ1) is 16.6. The zero-order chi connectivity index (χ0) is 24.8. The molecule has 8 heteroatoms. The maximum atomic E-state index is 12.7. The van der Waals surface area contributed by atoms with Crippen LogP contribution in [0.15, 0.2) is 66.7 Å². The number of carbonyl (C=O) groups is 1. The molecule has 1 atom stereocenters. The average molecular weight is 492 g/mol. The van der Waals surface area contributed by atoms with Crippen molar-refractivity contribution < 1.29 is 19.0 Å². The molecule has 2 aliphatic rings. The van der Waals surface area contributed by atoms with Gasteiger partial charge in [0, 0.05) is 23.0 Å². The monoisotopic (exact) mass is 491 g/mol. The van der Waals surface area contributed by atoms with Gasteiger partial charge in [-0.2, -0.15) is 0 Å². The molecular formula is C27H26ClN3O4. The zero-order valence-corrected chi connectivity index (χ0v) is 20.5. The fourth-order valence-electron chi connectivity index (χ4n) is 4.18. The number of amides is 1. The number of hydrogen-bond donors (Lipinski definition) is 2. The number of aromatic nitrogens is 1. The number of carbonyl (C=O) groups excluding carboxylic acids is 1. The third-order valence-electron chi connectivity index (χ3n) is 5.86. The van der Waals surface area contributed by atoms with Crippen LogP contribution >= 0.6 is 11.6 Å². The van der Waals surface area contributed by atoms with Crippen LogP contribution in [-0.2, 0) is 10.2 Å². The molecule has 0 fully saturated rings. The summed E-state index contributed by atoms with van der Waals surface area (Å²) < 4.78 is 18.1. The van der Waals surface area contributed by atoms with E-state index in [1.54, 1.807) is 18.2 Å². The highest BCUT2D eigenvalue weighted by Crippen LogP contribution is 2.52. The van der Waals surface area contributed by atoms with E-state index in [-0.39, 0.29) is 17.0 Å². The van der Waals surface area contributed by atoms with Crippen molar-refractivity contribution in [3.05, 3.63) is 88.5 Å². The molecule has 3 N–H and O–H groups in total. The zero-order valence-electron chi connectivity index (χ0n) is 19.7. The van der Waals surface area contributed by atoms with Crippen molar-refractivity contribution >= 4 is 23.2 Å². The Balaban J connectivity index is 1.51. The van der Waals surface area contributed by atoms with Crippen molar-refractivity contribution in [3.63, 3.8) is 0 Å². The largest absolute Gasteiger partial charge is 0.493 e. The maximum absolute atomic E-state index is 12.7. The molecule has 35 heavy (non-hydrogen) atoms. The van der Waals surface area contributed by atoms with Crippen molar-refractivity contribution in [1.29, 1.82) is 0 Å². The number of benzene rings is 2. The summed E-state index contributed by atoms with van der Waals surface area (Å²) in [7, 11) is 0. The van der Waals surface area contributed by atoms with Gasteiger partial charge in [0.05, 0.1) is 17.0 Å². The highest BCUT2D eigenvalue weighted by atomic mass is 35.5. The fourth-order valence-corrected chi connectivity index (χ4v) is 4.30. The number of nitrogens with one attached hydrogen (secondary N) is 1. The summed E-state index contributed by atoms with van der Waals surface area (Å²) in [5.74, 6) is 2.10. The van der Waals surface area contributed by atoms with Crippen LogP contribution in [0.4, 0.5) is 5.69 Å². The summed E-state index contributed by atoms with van der Waals surface area (Å²) >= 11 is 5.89. The van der Waals surface area contributed by atoms with E-state index in [0.29, 0.717) is 41.3 Å².